The Labute approximate surface area is 97.0 Å². The summed E-state index contributed by atoms with van der Waals surface area (Å²) in [6.45, 7) is 2.07. The number of aryl methyl sites for hydroxylation is 1. The van der Waals surface area contributed by atoms with Gasteiger partial charge in [0.2, 0.25) is 0 Å². The molecule has 0 aliphatic heterocycles. The van der Waals surface area contributed by atoms with Crippen LogP contribution < -0.4 is 11.3 Å². The summed E-state index contributed by atoms with van der Waals surface area (Å²) in [6, 6.07) is 2.30. The van der Waals surface area contributed by atoms with Crippen LogP contribution in [0.5, 0.6) is 0 Å². The lowest BCUT2D eigenvalue weighted by molar-refractivity contribution is 0.532. The van der Waals surface area contributed by atoms with E-state index in [0.717, 1.165) is 16.6 Å². The normalized spacial score (nSPS) is 12.4. The number of nitrogens with two attached hydrogens (primary N) is 1. The number of nitrogens with one attached hydrogen (secondary N) is 1. The molecule has 0 saturated heterocycles. The van der Waals surface area contributed by atoms with Gasteiger partial charge in [-0.3, -0.25) is 11.3 Å². The molecule has 0 aliphatic carbocycles. The third kappa shape index (κ3) is 2.82. The molecule has 0 bridgehead atoms. The molecule has 1 unspecified atom stereocenters. The first-order valence-electron chi connectivity index (χ1n) is 4.34. The first kappa shape index (κ1) is 11.7. The second kappa shape index (κ2) is 5.52. The molecule has 1 aromatic heterocycles. The quantitative estimate of drug-likeness (QED) is 0.503. The second-order valence-corrected chi connectivity index (χ2v) is 5.47. The molecule has 0 amide bonds. The van der Waals surface area contributed by atoms with E-state index in [1.807, 2.05) is 0 Å². The predicted octanol–water partition coefficient (Wildman–Crippen LogP) is 2.74. The maximum absolute atomic E-state index is 5.48. The van der Waals surface area contributed by atoms with Crippen molar-refractivity contribution in [2.75, 3.05) is 0 Å². The molecule has 76 valence electrons. The third-order valence-electron chi connectivity index (χ3n) is 2.00. The summed E-state index contributed by atoms with van der Waals surface area (Å²) in [4.78, 5) is 1.23. The molecule has 0 saturated carbocycles. The van der Waals surface area contributed by atoms with E-state index in [-0.39, 0.29) is 6.04 Å². The summed E-state index contributed by atoms with van der Waals surface area (Å²) in [5.41, 5.74) is 4.03. The molecule has 0 radical (unpaired) electrons. The van der Waals surface area contributed by atoms with Crippen LogP contribution in [0, 0.1) is 19.3 Å². The lowest BCUT2D eigenvalue weighted by Crippen LogP contribution is -2.27. The van der Waals surface area contributed by atoms with Crippen molar-refractivity contribution in [3.63, 3.8) is 0 Å². The van der Waals surface area contributed by atoms with Gasteiger partial charge in [0.25, 0.3) is 0 Å². The number of hydrazine groups is 1. The van der Waals surface area contributed by atoms with Gasteiger partial charge in [0.15, 0.2) is 0 Å². The van der Waals surface area contributed by atoms with Crippen molar-refractivity contribution in [1.82, 2.24) is 5.43 Å². The summed E-state index contributed by atoms with van der Waals surface area (Å²) < 4.78 is 1.16. The van der Waals surface area contributed by atoms with Gasteiger partial charge < -0.3 is 0 Å². The largest absolute Gasteiger partial charge is 0.271 e. The van der Waals surface area contributed by atoms with E-state index in [1.54, 1.807) is 11.3 Å². The van der Waals surface area contributed by atoms with Crippen LogP contribution in [-0.4, -0.2) is 0 Å². The molecule has 1 rings (SSSR count). The second-order valence-electron chi connectivity index (χ2n) is 3.07. The summed E-state index contributed by atoms with van der Waals surface area (Å²) in [7, 11) is 0. The fourth-order valence-electron chi connectivity index (χ4n) is 1.19. The maximum atomic E-state index is 5.48. The molecule has 0 aliphatic rings. The average molecular weight is 273 g/mol. The van der Waals surface area contributed by atoms with E-state index in [1.165, 1.54) is 10.4 Å². The molecule has 3 N–H and O–H groups in total. The van der Waals surface area contributed by atoms with Crippen molar-refractivity contribution in [3.8, 4) is 12.3 Å². The zero-order chi connectivity index (χ0) is 10.6. The van der Waals surface area contributed by atoms with Crippen molar-refractivity contribution in [2.24, 2.45) is 5.84 Å². The van der Waals surface area contributed by atoms with E-state index >= 15 is 0 Å². The van der Waals surface area contributed by atoms with Crippen molar-refractivity contribution < 1.29 is 0 Å². The van der Waals surface area contributed by atoms with Crippen LogP contribution in [0.25, 0.3) is 0 Å². The van der Waals surface area contributed by atoms with Crippen LogP contribution in [0.1, 0.15) is 29.3 Å². The summed E-state index contributed by atoms with van der Waals surface area (Å²) in [6.07, 6.45) is 6.83. The Bertz CT molecular complexity index is 321. The van der Waals surface area contributed by atoms with Crippen LogP contribution >= 0.6 is 27.3 Å². The van der Waals surface area contributed by atoms with Gasteiger partial charge in [-0.15, -0.1) is 23.7 Å². The standard InChI is InChI=1S/C10H13BrN2S/c1-3-4-5-8(13-12)9-6-7(2)10(11)14-9/h1,6,8,13H,4-5,12H2,2H3. The molecule has 0 fully saturated rings. The average Bonchev–Trinajstić information content (AvgIpc) is 2.48. The fraction of sp³-hybridized carbons (Fsp3) is 0.400. The number of hydrogen-bond acceptors (Lipinski definition) is 3. The first-order chi connectivity index (χ1) is 6.69. The highest BCUT2D eigenvalue weighted by atomic mass is 79.9. The Morgan fingerprint density at radius 2 is 2.50 bits per heavy atom. The van der Waals surface area contributed by atoms with Crippen molar-refractivity contribution in [2.45, 2.75) is 25.8 Å². The molecule has 1 atom stereocenters. The number of thiophene rings is 1. The SMILES string of the molecule is C#CCCC(NN)c1cc(C)c(Br)s1. The van der Waals surface area contributed by atoms with Crippen molar-refractivity contribution >= 4 is 27.3 Å². The van der Waals surface area contributed by atoms with Crippen molar-refractivity contribution in [3.05, 3.63) is 20.3 Å². The molecule has 4 heteroatoms. The molecular formula is C10H13BrN2S. The molecule has 1 heterocycles. The lowest BCUT2D eigenvalue weighted by atomic mass is 10.1. The summed E-state index contributed by atoms with van der Waals surface area (Å²) in [5.74, 6) is 8.10. The first-order valence-corrected chi connectivity index (χ1v) is 5.95. The molecular weight excluding hydrogens is 260 g/mol. The maximum Gasteiger partial charge on any atom is 0.0731 e. The Hall–Kier alpha value is -0.340. The zero-order valence-corrected chi connectivity index (χ0v) is 10.4. The molecule has 0 spiro atoms. The minimum atomic E-state index is 0.168. The number of halogens is 1. The molecule has 14 heavy (non-hydrogen) atoms. The van der Waals surface area contributed by atoms with E-state index in [4.69, 9.17) is 12.3 Å². The van der Waals surface area contributed by atoms with Gasteiger partial charge in [-0.05, 0) is 40.9 Å². The number of terminal acetylenes is 1. The summed E-state index contributed by atoms with van der Waals surface area (Å²) in [5, 5.41) is 0. The molecule has 1 aromatic rings. The Kier molecular flexibility index (Phi) is 4.63. The van der Waals surface area contributed by atoms with Crippen molar-refractivity contribution in [1.29, 1.82) is 0 Å². The molecule has 0 aromatic carbocycles. The highest BCUT2D eigenvalue weighted by Crippen LogP contribution is 2.32. The minimum absolute atomic E-state index is 0.168. The Morgan fingerprint density at radius 3 is 2.93 bits per heavy atom. The van der Waals surface area contributed by atoms with Gasteiger partial charge in [-0.2, -0.15) is 0 Å². The van der Waals surface area contributed by atoms with Crippen LogP contribution in [0.4, 0.5) is 0 Å². The Morgan fingerprint density at radius 1 is 1.79 bits per heavy atom. The molecule has 2 nitrogen and oxygen atoms in total. The van der Waals surface area contributed by atoms with Gasteiger partial charge >= 0.3 is 0 Å². The van der Waals surface area contributed by atoms with Crippen LogP contribution in [0.2, 0.25) is 0 Å². The van der Waals surface area contributed by atoms with Crippen LogP contribution in [0.15, 0.2) is 9.85 Å². The van der Waals surface area contributed by atoms with Gasteiger partial charge in [0, 0.05) is 11.3 Å². The highest BCUT2D eigenvalue weighted by molar-refractivity contribution is 9.11. The smallest absolute Gasteiger partial charge is 0.0731 e. The van der Waals surface area contributed by atoms with E-state index in [9.17, 15) is 0 Å². The minimum Gasteiger partial charge on any atom is -0.271 e. The third-order valence-corrected chi connectivity index (χ3v) is 4.25. The van der Waals surface area contributed by atoms with Crippen LogP contribution in [0.3, 0.4) is 0 Å². The van der Waals surface area contributed by atoms with E-state index in [2.05, 4.69) is 40.3 Å². The lowest BCUT2D eigenvalue weighted by Gasteiger charge is -2.11. The zero-order valence-electron chi connectivity index (χ0n) is 8.01. The highest BCUT2D eigenvalue weighted by Gasteiger charge is 2.12. The Balaban J connectivity index is 2.74. The topological polar surface area (TPSA) is 38.0 Å². The van der Waals surface area contributed by atoms with Gasteiger partial charge in [-0.1, -0.05) is 0 Å². The summed E-state index contributed by atoms with van der Waals surface area (Å²) >= 11 is 5.19. The van der Waals surface area contributed by atoms with Gasteiger partial charge in [0.05, 0.1) is 9.83 Å². The van der Waals surface area contributed by atoms with E-state index < -0.39 is 0 Å². The van der Waals surface area contributed by atoms with Crippen LogP contribution in [-0.2, 0) is 0 Å². The fourth-order valence-corrected chi connectivity index (χ4v) is 2.86. The number of hydrogen-bond donors (Lipinski definition) is 2. The monoisotopic (exact) mass is 272 g/mol. The van der Waals surface area contributed by atoms with Gasteiger partial charge in [0.1, 0.15) is 0 Å². The van der Waals surface area contributed by atoms with E-state index in [0.29, 0.717) is 0 Å². The number of rotatable bonds is 4. The van der Waals surface area contributed by atoms with Gasteiger partial charge in [-0.25, -0.2) is 0 Å². The predicted molar refractivity (Wildman–Crippen MR) is 64.9 cm³/mol.